The second-order valence-electron chi connectivity index (χ2n) is 5.16. The highest BCUT2D eigenvalue weighted by Crippen LogP contribution is 2.32. The van der Waals surface area contributed by atoms with Crippen molar-refractivity contribution in [2.24, 2.45) is 0 Å². The van der Waals surface area contributed by atoms with Gasteiger partial charge in [-0.3, -0.25) is 4.79 Å². The lowest BCUT2D eigenvalue weighted by Crippen LogP contribution is -2.13. The number of halogens is 4. The van der Waals surface area contributed by atoms with E-state index >= 15 is 0 Å². The molecule has 0 aromatic heterocycles. The first kappa shape index (κ1) is 18.9. The fourth-order valence-electron chi connectivity index (χ4n) is 2.16. The Labute approximate surface area is 141 Å². The number of carbonyl (C=O) groups is 1. The van der Waals surface area contributed by atoms with Crippen LogP contribution in [0.3, 0.4) is 0 Å². The van der Waals surface area contributed by atoms with Gasteiger partial charge in [0, 0.05) is 17.4 Å². The van der Waals surface area contributed by atoms with Crippen molar-refractivity contribution in [1.29, 1.82) is 0 Å². The highest BCUT2D eigenvalue weighted by Gasteiger charge is 2.33. The standard InChI is InChI=1S/C16H12F4O4S/c1-24-13-6-3-9(7-12(13)17)15(21)11-5-4-10(16(18,19)20)8-14(11)25(2,22)23/h3-8H,1-2H3. The van der Waals surface area contributed by atoms with Gasteiger partial charge < -0.3 is 4.74 Å². The van der Waals surface area contributed by atoms with E-state index in [2.05, 4.69) is 0 Å². The fourth-order valence-corrected chi connectivity index (χ4v) is 3.06. The number of ether oxygens (including phenoxy) is 1. The predicted molar refractivity (Wildman–Crippen MR) is 80.9 cm³/mol. The molecule has 0 bridgehead atoms. The van der Waals surface area contributed by atoms with E-state index < -0.39 is 43.6 Å². The largest absolute Gasteiger partial charge is 0.494 e. The lowest BCUT2D eigenvalue weighted by molar-refractivity contribution is -0.137. The summed E-state index contributed by atoms with van der Waals surface area (Å²) in [6.07, 6.45) is -4.08. The van der Waals surface area contributed by atoms with E-state index in [9.17, 15) is 30.8 Å². The summed E-state index contributed by atoms with van der Waals surface area (Å²) in [5.74, 6) is -1.91. The predicted octanol–water partition coefficient (Wildman–Crippen LogP) is 3.49. The van der Waals surface area contributed by atoms with Crippen LogP contribution in [0.4, 0.5) is 17.6 Å². The topological polar surface area (TPSA) is 60.4 Å². The number of sulfone groups is 1. The molecule has 2 rings (SSSR count). The number of rotatable bonds is 4. The molecule has 0 heterocycles. The number of methoxy groups -OCH3 is 1. The molecule has 0 aliphatic heterocycles. The Morgan fingerprint density at radius 3 is 2.20 bits per heavy atom. The SMILES string of the molecule is COc1ccc(C(=O)c2ccc(C(F)(F)F)cc2S(C)(=O)=O)cc1F. The minimum absolute atomic E-state index is 0.132. The van der Waals surface area contributed by atoms with E-state index in [0.717, 1.165) is 18.2 Å². The Morgan fingerprint density at radius 2 is 1.72 bits per heavy atom. The minimum atomic E-state index is -4.77. The summed E-state index contributed by atoms with van der Waals surface area (Å²) in [6, 6.07) is 4.93. The van der Waals surface area contributed by atoms with E-state index in [4.69, 9.17) is 4.74 Å². The fraction of sp³-hybridized carbons (Fsp3) is 0.188. The zero-order chi connectivity index (χ0) is 19.0. The zero-order valence-corrected chi connectivity index (χ0v) is 13.8. The lowest BCUT2D eigenvalue weighted by Gasteiger charge is -2.12. The van der Waals surface area contributed by atoms with Crippen LogP contribution in [-0.4, -0.2) is 27.6 Å². The molecule has 0 radical (unpaired) electrons. The Kier molecular flexibility index (Phi) is 4.90. The summed E-state index contributed by atoms with van der Waals surface area (Å²) in [5, 5.41) is 0. The van der Waals surface area contributed by atoms with Crippen LogP contribution in [-0.2, 0) is 16.0 Å². The van der Waals surface area contributed by atoms with Gasteiger partial charge in [-0.2, -0.15) is 13.2 Å². The van der Waals surface area contributed by atoms with Gasteiger partial charge in [-0.25, -0.2) is 12.8 Å². The van der Waals surface area contributed by atoms with Crippen LogP contribution in [0.5, 0.6) is 5.75 Å². The Morgan fingerprint density at radius 1 is 1.08 bits per heavy atom. The molecule has 0 saturated carbocycles. The van der Waals surface area contributed by atoms with Gasteiger partial charge in [0.2, 0.25) is 0 Å². The molecular formula is C16H12F4O4S. The Balaban J connectivity index is 2.62. The average Bonchev–Trinajstić information content (AvgIpc) is 2.51. The van der Waals surface area contributed by atoms with Gasteiger partial charge >= 0.3 is 6.18 Å². The van der Waals surface area contributed by atoms with E-state index in [-0.39, 0.29) is 11.3 Å². The normalized spacial score (nSPS) is 12.1. The molecule has 0 unspecified atom stereocenters. The van der Waals surface area contributed by atoms with Crippen LogP contribution in [0.15, 0.2) is 41.3 Å². The maximum absolute atomic E-state index is 13.7. The average molecular weight is 376 g/mol. The number of benzene rings is 2. The molecule has 0 atom stereocenters. The minimum Gasteiger partial charge on any atom is -0.494 e. The smallest absolute Gasteiger partial charge is 0.416 e. The molecule has 0 fully saturated rings. The highest BCUT2D eigenvalue weighted by atomic mass is 32.2. The van der Waals surface area contributed by atoms with Gasteiger partial charge in [0.05, 0.1) is 17.6 Å². The first-order chi connectivity index (χ1) is 11.4. The maximum atomic E-state index is 13.7. The molecule has 9 heteroatoms. The third kappa shape index (κ3) is 3.98. The van der Waals surface area contributed by atoms with Crippen molar-refractivity contribution in [1.82, 2.24) is 0 Å². The van der Waals surface area contributed by atoms with Crippen LogP contribution in [0.1, 0.15) is 21.5 Å². The van der Waals surface area contributed by atoms with Crippen molar-refractivity contribution in [2.75, 3.05) is 13.4 Å². The van der Waals surface area contributed by atoms with Crippen molar-refractivity contribution in [3.05, 3.63) is 58.9 Å². The first-order valence-corrected chi connectivity index (χ1v) is 8.64. The van der Waals surface area contributed by atoms with E-state index in [1.54, 1.807) is 0 Å². The van der Waals surface area contributed by atoms with Crippen LogP contribution >= 0.6 is 0 Å². The molecule has 0 amide bonds. The van der Waals surface area contributed by atoms with Crippen molar-refractivity contribution >= 4 is 15.6 Å². The number of hydrogen-bond acceptors (Lipinski definition) is 4. The van der Waals surface area contributed by atoms with Gasteiger partial charge in [0.25, 0.3) is 0 Å². The molecular weight excluding hydrogens is 364 g/mol. The molecule has 0 saturated heterocycles. The molecule has 0 spiro atoms. The molecule has 4 nitrogen and oxygen atoms in total. The second kappa shape index (κ2) is 6.47. The molecule has 0 aliphatic rings. The van der Waals surface area contributed by atoms with Crippen LogP contribution < -0.4 is 4.74 Å². The van der Waals surface area contributed by atoms with Crippen LogP contribution in [0, 0.1) is 5.82 Å². The maximum Gasteiger partial charge on any atom is 0.416 e. The summed E-state index contributed by atoms with van der Waals surface area (Å²) in [7, 11) is -2.91. The molecule has 25 heavy (non-hydrogen) atoms. The number of alkyl halides is 3. The van der Waals surface area contributed by atoms with Gasteiger partial charge in [-0.1, -0.05) is 0 Å². The number of hydrogen-bond donors (Lipinski definition) is 0. The van der Waals surface area contributed by atoms with Gasteiger partial charge in [-0.15, -0.1) is 0 Å². The van der Waals surface area contributed by atoms with Crippen LogP contribution in [0.2, 0.25) is 0 Å². The number of carbonyl (C=O) groups excluding carboxylic acids is 1. The molecule has 2 aromatic rings. The molecule has 2 aromatic carbocycles. The summed E-state index contributed by atoms with van der Waals surface area (Å²) in [4.78, 5) is 11.7. The van der Waals surface area contributed by atoms with Gasteiger partial charge in [-0.05, 0) is 36.4 Å². The second-order valence-corrected chi connectivity index (χ2v) is 7.14. The molecule has 134 valence electrons. The summed E-state index contributed by atoms with van der Waals surface area (Å²) in [6.45, 7) is 0. The third-order valence-corrected chi connectivity index (χ3v) is 4.50. The lowest BCUT2D eigenvalue weighted by atomic mass is 10.0. The van der Waals surface area contributed by atoms with Crippen LogP contribution in [0.25, 0.3) is 0 Å². The number of ketones is 1. The summed E-state index contributed by atoms with van der Waals surface area (Å²) in [5.41, 5.74) is -1.89. The third-order valence-electron chi connectivity index (χ3n) is 3.37. The first-order valence-electron chi connectivity index (χ1n) is 6.74. The quantitative estimate of drug-likeness (QED) is 0.606. The highest BCUT2D eigenvalue weighted by molar-refractivity contribution is 7.90. The van der Waals surface area contributed by atoms with Crippen molar-refractivity contribution < 1.29 is 35.5 Å². The van der Waals surface area contributed by atoms with Gasteiger partial charge in [0.1, 0.15) is 0 Å². The Bertz CT molecular complexity index is 934. The molecule has 0 N–H and O–H groups in total. The molecule has 0 aliphatic carbocycles. The summed E-state index contributed by atoms with van der Waals surface area (Å²) < 4.78 is 80.5. The zero-order valence-electron chi connectivity index (χ0n) is 13.0. The van der Waals surface area contributed by atoms with Crippen molar-refractivity contribution in [3.8, 4) is 5.75 Å². The summed E-state index contributed by atoms with van der Waals surface area (Å²) >= 11 is 0. The monoisotopic (exact) mass is 376 g/mol. The van der Waals surface area contributed by atoms with Crippen molar-refractivity contribution in [2.45, 2.75) is 11.1 Å². The van der Waals surface area contributed by atoms with E-state index in [0.29, 0.717) is 18.4 Å². The van der Waals surface area contributed by atoms with E-state index in [1.165, 1.54) is 13.2 Å². The van der Waals surface area contributed by atoms with Crippen molar-refractivity contribution in [3.63, 3.8) is 0 Å². The van der Waals surface area contributed by atoms with Gasteiger partial charge in [0.15, 0.2) is 27.2 Å². The van der Waals surface area contributed by atoms with E-state index in [1.807, 2.05) is 0 Å². The Hall–Kier alpha value is -2.42.